The van der Waals surface area contributed by atoms with Crippen molar-refractivity contribution < 1.29 is 0 Å². The van der Waals surface area contributed by atoms with Crippen molar-refractivity contribution in [2.24, 2.45) is 0 Å². The highest BCUT2D eigenvalue weighted by Gasteiger charge is 2.25. The van der Waals surface area contributed by atoms with E-state index in [1.165, 1.54) is 12.8 Å². The highest BCUT2D eigenvalue weighted by atomic mass is 35.5. The van der Waals surface area contributed by atoms with Crippen molar-refractivity contribution in [2.45, 2.75) is 25.4 Å². The van der Waals surface area contributed by atoms with E-state index in [9.17, 15) is 0 Å². The van der Waals surface area contributed by atoms with Crippen LogP contribution in [-0.4, -0.2) is 72.5 Å². The first-order valence-electron chi connectivity index (χ1n) is 12.4. The summed E-state index contributed by atoms with van der Waals surface area (Å²) in [4.78, 5) is 17.5. The summed E-state index contributed by atoms with van der Waals surface area (Å²) in [7, 11) is 2.16. The molecule has 4 aromatic heterocycles. The summed E-state index contributed by atoms with van der Waals surface area (Å²) in [5, 5.41) is 13.8. The maximum atomic E-state index is 6.34. The van der Waals surface area contributed by atoms with Gasteiger partial charge >= 0.3 is 0 Å². The SMILES string of the molecule is CN1CCN(c2cc(NCc3nc4cccc(Cl)c4[nH]3)c3ncc(-c4cnn(C5CC5)c4)n3n2)CC1. The topological polar surface area (TPSA) is 95.2 Å². The van der Waals surface area contributed by atoms with Gasteiger partial charge in [-0.15, -0.1) is 5.10 Å². The molecule has 36 heavy (non-hydrogen) atoms. The highest BCUT2D eigenvalue weighted by molar-refractivity contribution is 6.34. The number of benzene rings is 1. The molecule has 2 aliphatic rings. The lowest BCUT2D eigenvalue weighted by molar-refractivity contribution is 0.311. The van der Waals surface area contributed by atoms with Gasteiger partial charge in [0.25, 0.3) is 0 Å². The Labute approximate surface area is 212 Å². The first kappa shape index (κ1) is 21.6. The van der Waals surface area contributed by atoms with Crippen molar-refractivity contribution in [2.75, 3.05) is 43.4 Å². The molecule has 5 aromatic rings. The molecule has 11 heteroatoms. The number of para-hydroxylation sites is 1. The van der Waals surface area contributed by atoms with Crippen LogP contribution in [0.25, 0.3) is 27.9 Å². The minimum absolute atomic E-state index is 0.509. The third kappa shape index (κ3) is 3.86. The molecule has 2 N–H and O–H groups in total. The maximum Gasteiger partial charge on any atom is 0.177 e. The molecule has 1 aliphatic carbocycles. The first-order valence-corrected chi connectivity index (χ1v) is 12.7. The average Bonchev–Trinajstić information content (AvgIpc) is 3.27. The van der Waals surface area contributed by atoms with Gasteiger partial charge in [-0.3, -0.25) is 4.68 Å². The molecule has 1 aromatic carbocycles. The molecule has 10 nitrogen and oxygen atoms in total. The van der Waals surface area contributed by atoms with Crippen LogP contribution in [0, 0.1) is 0 Å². The minimum Gasteiger partial charge on any atom is -0.375 e. The number of rotatable bonds is 6. The molecule has 5 heterocycles. The molecule has 184 valence electrons. The smallest absolute Gasteiger partial charge is 0.177 e. The van der Waals surface area contributed by atoms with Crippen LogP contribution >= 0.6 is 11.6 Å². The van der Waals surface area contributed by atoms with Crippen LogP contribution in [0.4, 0.5) is 11.5 Å². The minimum atomic E-state index is 0.509. The quantitative estimate of drug-likeness (QED) is 0.364. The molecule has 7 rings (SSSR count). The average molecular weight is 503 g/mol. The van der Waals surface area contributed by atoms with Gasteiger partial charge in [-0.05, 0) is 32.0 Å². The number of nitrogens with one attached hydrogen (secondary N) is 2. The molecule has 2 fully saturated rings. The molecular formula is C25H27ClN10. The van der Waals surface area contributed by atoms with Crippen LogP contribution in [0.2, 0.25) is 5.02 Å². The summed E-state index contributed by atoms with van der Waals surface area (Å²) >= 11 is 6.34. The Morgan fingerprint density at radius 1 is 1.14 bits per heavy atom. The van der Waals surface area contributed by atoms with Gasteiger partial charge in [0.2, 0.25) is 0 Å². The number of piperazine rings is 1. The molecule has 1 saturated heterocycles. The Balaban J connectivity index is 1.26. The summed E-state index contributed by atoms with van der Waals surface area (Å²) in [6.07, 6.45) is 8.30. The van der Waals surface area contributed by atoms with E-state index in [1.807, 2.05) is 35.1 Å². The van der Waals surface area contributed by atoms with Crippen LogP contribution in [0.3, 0.4) is 0 Å². The van der Waals surface area contributed by atoms with Gasteiger partial charge in [-0.1, -0.05) is 17.7 Å². The summed E-state index contributed by atoms with van der Waals surface area (Å²) in [6, 6.07) is 8.36. The van der Waals surface area contributed by atoms with Crippen molar-refractivity contribution in [3.05, 3.63) is 53.7 Å². The van der Waals surface area contributed by atoms with Crippen LogP contribution in [0.15, 0.2) is 42.9 Å². The summed E-state index contributed by atoms with van der Waals surface area (Å²) in [6.45, 7) is 4.38. The van der Waals surface area contributed by atoms with Gasteiger partial charge in [-0.2, -0.15) is 5.10 Å². The third-order valence-corrected chi connectivity index (χ3v) is 7.38. The van der Waals surface area contributed by atoms with E-state index in [0.717, 1.165) is 71.4 Å². The number of likely N-dealkylation sites (N-methyl/N-ethyl adjacent to an activating group) is 1. The van der Waals surface area contributed by atoms with Gasteiger partial charge in [0.15, 0.2) is 11.5 Å². The second-order valence-electron chi connectivity index (χ2n) is 9.70. The molecule has 0 spiro atoms. The largest absolute Gasteiger partial charge is 0.375 e. The van der Waals surface area contributed by atoms with E-state index < -0.39 is 0 Å². The van der Waals surface area contributed by atoms with Gasteiger partial charge in [0.05, 0.1) is 52.4 Å². The number of aromatic nitrogens is 7. The Morgan fingerprint density at radius 3 is 2.81 bits per heavy atom. The standard InChI is InChI=1S/C25H27ClN10/c1-33-7-9-34(10-8-33)23-11-20(27-14-22-30-19-4-2-3-18(26)24(19)31-22)25-28-13-21(36(25)32-23)16-12-29-35(15-16)17-5-6-17/h2-4,11-13,15,17,27H,5-10,14H2,1H3,(H,30,31). The predicted octanol–water partition coefficient (Wildman–Crippen LogP) is 3.82. The maximum absolute atomic E-state index is 6.34. The Morgan fingerprint density at radius 2 is 2.00 bits per heavy atom. The Hall–Kier alpha value is -3.63. The lowest BCUT2D eigenvalue weighted by Crippen LogP contribution is -2.45. The zero-order valence-electron chi connectivity index (χ0n) is 20.0. The number of fused-ring (bicyclic) bond motifs is 2. The second-order valence-corrected chi connectivity index (χ2v) is 10.1. The van der Waals surface area contributed by atoms with Gasteiger partial charge in [0.1, 0.15) is 5.82 Å². The monoisotopic (exact) mass is 502 g/mol. The predicted molar refractivity (Wildman–Crippen MR) is 141 cm³/mol. The van der Waals surface area contributed by atoms with Crippen LogP contribution < -0.4 is 10.2 Å². The van der Waals surface area contributed by atoms with Crippen molar-refractivity contribution in [3.8, 4) is 11.3 Å². The fourth-order valence-corrected chi connectivity index (χ4v) is 5.01. The second kappa shape index (κ2) is 8.49. The zero-order chi connectivity index (χ0) is 24.2. The number of halogens is 1. The van der Waals surface area contributed by atoms with Crippen LogP contribution in [0.1, 0.15) is 24.7 Å². The highest BCUT2D eigenvalue weighted by Crippen LogP contribution is 2.35. The summed E-state index contributed by atoms with van der Waals surface area (Å²) in [5.74, 6) is 1.74. The summed E-state index contributed by atoms with van der Waals surface area (Å²) in [5.41, 5.74) is 5.35. The summed E-state index contributed by atoms with van der Waals surface area (Å²) < 4.78 is 4.00. The number of H-pyrrole nitrogens is 1. The van der Waals surface area contributed by atoms with E-state index in [2.05, 4.69) is 49.2 Å². The zero-order valence-corrected chi connectivity index (χ0v) is 20.8. The van der Waals surface area contributed by atoms with E-state index in [0.29, 0.717) is 17.6 Å². The molecular weight excluding hydrogens is 476 g/mol. The number of hydrogen-bond donors (Lipinski definition) is 2. The first-order chi connectivity index (χ1) is 17.6. The van der Waals surface area contributed by atoms with E-state index in [1.54, 1.807) is 0 Å². The molecule has 1 aliphatic heterocycles. The molecule has 0 unspecified atom stereocenters. The van der Waals surface area contributed by atoms with Gasteiger partial charge in [-0.25, -0.2) is 14.5 Å². The normalized spacial score (nSPS) is 16.9. The van der Waals surface area contributed by atoms with Crippen molar-refractivity contribution in [1.29, 1.82) is 0 Å². The van der Waals surface area contributed by atoms with Crippen molar-refractivity contribution in [1.82, 2.24) is 39.2 Å². The van der Waals surface area contributed by atoms with Crippen molar-refractivity contribution >= 4 is 39.8 Å². The lowest BCUT2D eigenvalue weighted by Gasteiger charge is -2.33. The van der Waals surface area contributed by atoms with E-state index >= 15 is 0 Å². The molecule has 0 atom stereocenters. The number of aromatic amines is 1. The lowest BCUT2D eigenvalue weighted by atomic mass is 10.3. The third-order valence-electron chi connectivity index (χ3n) is 7.06. The van der Waals surface area contributed by atoms with Gasteiger partial charge in [0, 0.05) is 44.0 Å². The van der Waals surface area contributed by atoms with E-state index in [4.69, 9.17) is 26.7 Å². The van der Waals surface area contributed by atoms with Gasteiger partial charge < -0.3 is 20.1 Å². The molecule has 0 bridgehead atoms. The van der Waals surface area contributed by atoms with Crippen LogP contribution in [-0.2, 0) is 6.54 Å². The molecule has 1 saturated carbocycles. The fourth-order valence-electron chi connectivity index (χ4n) is 4.79. The Kier molecular flexibility index (Phi) is 5.10. The molecule has 0 amide bonds. The number of imidazole rings is 2. The van der Waals surface area contributed by atoms with Crippen LogP contribution in [0.5, 0.6) is 0 Å². The number of nitrogens with zero attached hydrogens (tertiary/aromatic N) is 8. The Bertz CT molecular complexity index is 1550. The fraction of sp³-hybridized carbons (Fsp3) is 0.360. The number of hydrogen-bond acceptors (Lipinski definition) is 7. The molecule has 0 radical (unpaired) electrons. The van der Waals surface area contributed by atoms with E-state index in [-0.39, 0.29) is 0 Å². The van der Waals surface area contributed by atoms with Crippen molar-refractivity contribution in [3.63, 3.8) is 0 Å². The number of anilines is 2.